The van der Waals surface area contributed by atoms with Gasteiger partial charge >= 0.3 is 0 Å². The molecule has 3 unspecified atom stereocenters. The summed E-state index contributed by atoms with van der Waals surface area (Å²) in [7, 11) is 0. The summed E-state index contributed by atoms with van der Waals surface area (Å²) in [5.74, 6) is 1.46. The van der Waals surface area contributed by atoms with Gasteiger partial charge in [0.15, 0.2) is 0 Å². The van der Waals surface area contributed by atoms with Gasteiger partial charge in [-0.15, -0.1) is 0 Å². The highest BCUT2D eigenvalue weighted by molar-refractivity contribution is 9.10. The Hall–Kier alpha value is -0.870. The van der Waals surface area contributed by atoms with E-state index in [1.54, 1.807) is 0 Å². The zero-order valence-corrected chi connectivity index (χ0v) is 12.7. The number of benzene rings is 1. The van der Waals surface area contributed by atoms with E-state index in [0.717, 1.165) is 36.1 Å². The predicted octanol–water partition coefficient (Wildman–Crippen LogP) is 2.52. The number of carbonyl (C=O) groups excluding carboxylic acids is 1. The SMILES string of the molecule is CCC1C2CNCC2CN1C(=O)c1cccc(Br)c1. The smallest absolute Gasteiger partial charge is 0.254 e. The second-order valence-corrected chi connectivity index (χ2v) is 6.44. The number of fused-ring (bicyclic) bond motifs is 1. The van der Waals surface area contributed by atoms with Gasteiger partial charge in [0, 0.05) is 35.7 Å². The lowest BCUT2D eigenvalue weighted by Gasteiger charge is -2.27. The quantitative estimate of drug-likeness (QED) is 0.907. The molecule has 2 fully saturated rings. The Labute approximate surface area is 122 Å². The van der Waals surface area contributed by atoms with Crippen LogP contribution in [0, 0.1) is 11.8 Å². The molecule has 0 radical (unpaired) electrons. The Morgan fingerprint density at radius 1 is 1.47 bits per heavy atom. The summed E-state index contributed by atoms with van der Waals surface area (Å²) in [6, 6.07) is 8.10. The molecular weight excluding hydrogens is 304 g/mol. The highest BCUT2D eigenvalue weighted by Crippen LogP contribution is 2.35. The summed E-state index contributed by atoms with van der Waals surface area (Å²) < 4.78 is 0.965. The van der Waals surface area contributed by atoms with Crippen molar-refractivity contribution >= 4 is 21.8 Å². The lowest BCUT2D eigenvalue weighted by molar-refractivity contribution is 0.0711. The highest BCUT2D eigenvalue weighted by Gasteiger charge is 2.45. The van der Waals surface area contributed by atoms with Crippen molar-refractivity contribution in [1.82, 2.24) is 10.2 Å². The molecule has 19 heavy (non-hydrogen) atoms. The largest absolute Gasteiger partial charge is 0.335 e. The van der Waals surface area contributed by atoms with Gasteiger partial charge in [-0.05, 0) is 36.5 Å². The van der Waals surface area contributed by atoms with Crippen molar-refractivity contribution in [3.05, 3.63) is 34.3 Å². The lowest BCUT2D eigenvalue weighted by Crippen LogP contribution is -2.39. The van der Waals surface area contributed by atoms with E-state index in [-0.39, 0.29) is 5.91 Å². The Morgan fingerprint density at radius 3 is 3.05 bits per heavy atom. The van der Waals surface area contributed by atoms with E-state index in [1.165, 1.54) is 0 Å². The second-order valence-electron chi connectivity index (χ2n) is 5.53. The Balaban J connectivity index is 1.84. The minimum Gasteiger partial charge on any atom is -0.335 e. The van der Waals surface area contributed by atoms with Crippen molar-refractivity contribution < 1.29 is 4.79 Å². The normalized spacial score (nSPS) is 29.6. The number of nitrogens with zero attached hydrogens (tertiary/aromatic N) is 1. The van der Waals surface area contributed by atoms with Crippen molar-refractivity contribution in [3.63, 3.8) is 0 Å². The number of nitrogens with one attached hydrogen (secondary N) is 1. The summed E-state index contributed by atoms with van der Waals surface area (Å²) in [4.78, 5) is 14.8. The predicted molar refractivity (Wildman–Crippen MR) is 79.1 cm³/mol. The average molecular weight is 323 g/mol. The molecule has 3 rings (SSSR count). The molecular formula is C15H19BrN2O. The first-order valence-corrected chi connectivity index (χ1v) is 7.77. The zero-order valence-electron chi connectivity index (χ0n) is 11.1. The Bertz CT molecular complexity index is 491. The number of amides is 1. The first-order valence-electron chi connectivity index (χ1n) is 6.98. The summed E-state index contributed by atoms with van der Waals surface area (Å²) >= 11 is 3.44. The Morgan fingerprint density at radius 2 is 2.32 bits per heavy atom. The zero-order chi connectivity index (χ0) is 13.4. The van der Waals surface area contributed by atoms with Crippen molar-refractivity contribution in [3.8, 4) is 0 Å². The van der Waals surface area contributed by atoms with Gasteiger partial charge in [0.1, 0.15) is 0 Å². The number of hydrogen-bond donors (Lipinski definition) is 1. The molecule has 1 N–H and O–H groups in total. The van der Waals surface area contributed by atoms with E-state index in [2.05, 4.69) is 33.1 Å². The molecule has 1 aromatic rings. The van der Waals surface area contributed by atoms with Crippen LogP contribution in [-0.4, -0.2) is 36.5 Å². The standard InChI is InChI=1S/C15H19BrN2O/c1-2-14-13-8-17-7-11(13)9-18(14)15(19)10-4-3-5-12(16)6-10/h3-6,11,13-14,17H,2,7-9H2,1H3. The molecule has 4 heteroatoms. The number of halogens is 1. The third kappa shape index (κ3) is 2.32. The van der Waals surface area contributed by atoms with Crippen LogP contribution >= 0.6 is 15.9 Å². The maximum atomic E-state index is 12.7. The topological polar surface area (TPSA) is 32.3 Å². The van der Waals surface area contributed by atoms with E-state index >= 15 is 0 Å². The van der Waals surface area contributed by atoms with Gasteiger partial charge in [0.05, 0.1) is 0 Å². The minimum atomic E-state index is 0.183. The lowest BCUT2D eigenvalue weighted by atomic mass is 9.93. The number of carbonyl (C=O) groups is 1. The fourth-order valence-electron chi connectivity index (χ4n) is 3.57. The highest BCUT2D eigenvalue weighted by atomic mass is 79.9. The maximum absolute atomic E-state index is 12.7. The molecule has 1 aromatic carbocycles. The number of hydrogen-bond acceptors (Lipinski definition) is 2. The van der Waals surface area contributed by atoms with E-state index in [1.807, 2.05) is 24.3 Å². The number of likely N-dealkylation sites (tertiary alicyclic amines) is 1. The molecule has 2 heterocycles. The average Bonchev–Trinajstić information content (AvgIpc) is 2.97. The maximum Gasteiger partial charge on any atom is 0.254 e. The molecule has 0 spiro atoms. The second kappa shape index (κ2) is 5.25. The van der Waals surface area contributed by atoms with Crippen LogP contribution in [0.4, 0.5) is 0 Å². The molecule has 3 nitrogen and oxygen atoms in total. The van der Waals surface area contributed by atoms with E-state index < -0.39 is 0 Å². The summed E-state index contributed by atoms with van der Waals surface area (Å²) in [6.07, 6.45) is 1.04. The molecule has 0 aliphatic carbocycles. The molecule has 0 bridgehead atoms. The fraction of sp³-hybridized carbons (Fsp3) is 0.533. The third-order valence-electron chi connectivity index (χ3n) is 4.47. The summed E-state index contributed by atoms with van der Waals surface area (Å²) in [5, 5.41) is 3.45. The van der Waals surface area contributed by atoms with Crippen molar-refractivity contribution in [2.45, 2.75) is 19.4 Å². The molecule has 2 aliphatic heterocycles. The van der Waals surface area contributed by atoms with Crippen molar-refractivity contribution in [2.75, 3.05) is 19.6 Å². The van der Waals surface area contributed by atoms with Gasteiger partial charge in [-0.1, -0.05) is 28.9 Å². The van der Waals surface area contributed by atoms with Gasteiger partial charge in [0.25, 0.3) is 5.91 Å². The molecule has 0 saturated carbocycles. The minimum absolute atomic E-state index is 0.183. The van der Waals surface area contributed by atoms with Crippen LogP contribution in [0.3, 0.4) is 0 Å². The number of rotatable bonds is 2. The van der Waals surface area contributed by atoms with Gasteiger partial charge < -0.3 is 10.2 Å². The first kappa shape index (κ1) is 13.1. The molecule has 2 aliphatic rings. The van der Waals surface area contributed by atoms with Crippen molar-refractivity contribution in [1.29, 1.82) is 0 Å². The van der Waals surface area contributed by atoms with Crippen LogP contribution in [0.25, 0.3) is 0 Å². The first-order chi connectivity index (χ1) is 9.20. The fourth-order valence-corrected chi connectivity index (χ4v) is 3.97. The van der Waals surface area contributed by atoms with E-state index in [4.69, 9.17) is 0 Å². The molecule has 1 amide bonds. The summed E-state index contributed by atoms with van der Waals surface area (Å²) in [5.41, 5.74) is 0.792. The van der Waals surface area contributed by atoms with Crippen molar-refractivity contribution in [2.24, 2.45) is 11.8 Å². The van der Waals surface area contributed by atoms with E-state index in [9.17, 15) is 4.79 Å². The Kier molecular flexibility index (Phi) is 3.63. The molecule has 3 atom stereocenters. The van der Waals surface area contributed by atoms with Crippen LogP contribution in [0.5, 0.6) is 0 Å². The monoisotopic (exact) mass is 322 g/mol. The van der Waals surface area contributed by atoms with Gasteiger partial charge in [0.2, 0.25) is 0 Å². The molecule has 2 saturated heterocycles. The van der Waals surface area contributed by atoms with Crippen LogP contribution in [0.1, 0.15) is 23.7 Å². The molecule has 102 valence electrons. The third-order valence-corrected chi connectivity index (χ3v) is 4.96. The van der Waals surface area contributed by atoms with Crippen LogP contribution in [0.2, 0.25) is 0 Å². The van der Waals surface area contributed by atoms with Crippen LogP contribution in [0.15, 0.2) is 28.7 Å². The van der Waals surface area contributed by atoms with Gasteiger partial charge in [-0.25, -0.2) is 0 Å². The van der Waals surface area contributed by atoms with Crippen LogP contribution in [-0.2, 0) is 0 Å². The van der Waals surface area contributed by atoms with Crippen LogP contribution < -0.4 is 5.32 Å². The van der Waals surface area contributed by atoms with Gasteiger partial charge in [-0.3, -0.25) is 4.79 Å². The van der Waals surface area contributed by atoms with Gasteiger partial charge in [-0.2, -0.15) is 0 Å². The van der Waals surface area contributed by atoms with E-state index in [0.29, 0.717) is 17.9 Å². The summed E-state index contributed by atoms with van der Waals surface area (Å²) in [6.45, 7) is 5.21. The molecule has 0 aromatic heterocycles.